The zero-order valence-electron chi connectivity index (χ0n) is 13.0. The second-order valence-electron chi connectivity index (χ2n) is 5.94. The third-order valence-corrected chi connectivity index (χ3v) is 5.12. The third kappa shape index (κ3) is 6.43. The topological polar surface area (TPSA) is 54.4 Å². The van der Waals surface area contributed by atoms with Crippen molar-refractivity contribution < 1.29 is 9.84 Å². The van der Waals surface area contributed by atoms with Gasteiger partial charge >= 0.3 is 0 Å². The average Bonchev–Trinajstić information content (AvgIpc) is 2.74. The number of aliphatic hydroxyl groups excluding tert-OH is 1. The molecule has 4 nitrogen and oxygen atoms in total. The zero-order valence-corrected chi connectivity index (χ0v) is 13.8. The fourth-order valence-corrected chi connectivity index (χ4v) is 3.56. The fourth-order valence-electron chi connectivity index (χ4n) is 2.80. The predicted octanol–water partition coefficient (Wildman–Crippen LogP) is 2.68. The maximum Gasteiger partial charge on any atom is 0.0897 e. The van der Waals surface area contributed by atoms with Gasteiger partial charge < -0.3 is 15.2 Å². The van der Waals surface area contributed by atoms with E-state index < -0.39 is 6.10 Å². The van der Waals surface area contributed by atoms with Gasteiger partial charge in [-0.15, -0.1) is 11.3 Å². The van der Waals surface area contributed by atoms with Gasteiger partial charge in [0.25, 0.3) is 0 Å². The van der Waals surface area contributed by atoms with Crippen LogP contribution in [0.3, 0.4) is 0 Å². The maximum atomic E-state index is 9.96. The van der Waals surface area contributed by atoms with Gasteiger partial charge in [0.05, 0.1) is 30.5 Å². The van der Waals surface area contributed by atoms with E-state index in [2.05, 4.69) is 10.3 Å². The summed E-state index contributed by atoms with van der Waals surface area (Å²) >= 11 is 1.67. The van der Waals surface area contributed by atoms with Gasteiger partial charge in [-0.3, -0.25) is 0 Å². The second-order valence-corrected chi connectivity index (χ2v) is 6.88. The number of rotatable bonds is 8. The molecule has 1 aliphatic rings. The summed E-state index contributed by atoms with van der Waals surface area (Å²) in [5.74, 6) is 0. The van der Waals surface area contributed by atoms with Crippen molar-refractivity contribution in [2.75, 3.05) is 19.8 Å². The summed E-state index contributed by atoms with van der Waals surface area (Å²) in [4.78, 5) is 5.50. The highest BCUT2D eigenvalue weighted by molar-refractivity contribution is 7.09. The van der Waals surface area contributed by atoms with Gasteiger partial charge in [0, 0.05) is 23.9 Å². The van der Waals surface area contributed by atoms with Crippen LogP contribution >= 0.6 is 11.3 Å². The molecule has 0 saturated heterocycles. The van der Waals surface area contributed by atoms with E-state index >= 15 is 0 Å². The van der Waals surface area contributed by atoms with E-state index in [1.807, 2.05) is 12.4 Å². The predicted molar refractivity (Wildman–Crippen MR) is 86.9 cm³/mol. The Hall–Kier alpha value is -0.490. The highest BCUT2D eigenvalue weighted by Crippen LogP contribution is 2.17. The van der Waals surface area contributed by atoms with Crippen molar-refractivity contribution in [2.24, 2.45) is 0 Å². The van der Waals surface area contributed by atoms with E-state index in [-0.39, 0.29) is 0 Å². The van der Waals surface area contributed by atoms with Crippen LogP contribution in [0.1, 0.15) is 49.1 Å². The van der Waals surface area contributed by atoms with E-state index in [1.165, 1.54) is 43.4 Å². The minimum Gasteiger partial charge on any atom is -0.389 e. The Labute approximate surface area is 131 Å². The van der Waals surface area contributed by atoms with Crippen LogP contribution in [0.2, 0.25) is 0 Å². The fraction of sp³-hybridized carbons (Fsp3) is 0.812. The smallest absolute Gasteiger partial charge is 0.0897 e. The minimum atomic E-state index is -0.407. The Morgan fingerprint density at radius 1 is 1.38 bits per heavy atom. The van der Waals surface area contributed by atoms with Gasteiger partial charge in [0.1, 0.15) is 0 Å². The average molecular weight is 312 g/mol. The molecule has 1 aliphatic carbocycles. The van der Waals surface area contributed by atoms with Crippen molar-refractivity contribution in [3.63, 3.8) is 0 Å². The molecule has 0 radical (unpaired) electrons. The Morgan fingerprint density at radius 2 is 2.14 bits per heavy atom. The molecular formula is C16H28N2O2S. The van der Waals surface area contributed by atoms with Crippen LogP contribution in [-0.2, 0) is 11.2 Å². The normalized spacial score (nSPS) is 18.6. The van der Waals surface area contributed by atoms with E-state index in [0.29, 0.717) is 25.8 Å². The van der Waals surface area contributed by atoms with E-state index in [9.17, 15) is 5.11 Å². The second kappa shape index (κ2) is 9.51. The number of hydrogen-bond acceptors (Lipinski definition) is 5. The van der Waals surface area contributed by atoms with Crippen molar-refractivity contribution in [3.05, 3.63) is 16.1 Å². The largest absolute Gasteiger partial charge is 0.389 e. The molecule has 0 bridgehead atoms. The molecule has 2 N–H and O–H groups in total. The van der Waals surface area contributed by atoms with Gasteiger partial charge in [0.15, 0.2) is 0 Å². The quantitative estimate of drug-likeness (QED) is 0.572. The van der Waals surface area contributed by atoms with Crippen molar-refractivity contribution in [3.8, 4) is 0 Å². The molecule has 0 aromatic carbocycles. The molecule has 1 aromatic heterocycles. The van der Waals surface area contributed by atoms with E-state index in [4.69, 9.17) is 4.74 Å². The van der Waals surface area contributed by atoms with Crippen LogP contribution < -0.4 is 5.32 Å². The number of aliphatic hydroxyl groups is 1. The molecule has 5 heteroatoms. The van der Waals surface area contributed by atoms with Crippen LogP contribution in [0.15, 0.2) is 5.51 Å². The molecule has 0 amide bonds. The number of aromatic nitrogens is 1. The summed E-state index contributed by atoms with van der Waals surface area (Å²) in [6.45, 7) is 3.74. The summed E-state index contributed by atoms with van der Waals surface area (Å²) in [5.41, 5.74) is 2.97. The highest BCUT2D eigenvalue weighted by Gasteiger charge is 2.13. The van der Waals surface area contributed by atoms with Crippen LogP contribution in [0.4, 0.5) is 0 Å². The molecule has 1 heterocycles. The lowest BCUT2D eigenvalue weighted by Gasteiger charge is -2.19. The van der Waals surface area contributed by atoms with Gasteiger partial charge in [-0.05, 0) is 19.8 Å². The lowest BCUT2D eigenvalue weighted by atomic mass is 10.1. The van der Waals surface area contributed by atoms with Crippen molar-refractivity contribution in [1.29, 1.82) is 0 Å². The molecule has 1 aromatic rings. The summed E-state index contributed by atoms with van der Waals surface area (Å²) < 4.78 is 5.58. The number of thiazole rings is 1. The molecule has 1 atom stereocenters. The van der Waals surface area contributed by atoms with Crippen LogP contribution in [0, 0.1) is 6.92 Å². The number of nitrogens with one attached hydrogen (secondary N) is 1. The van der Waals surface area contributed by atoms with E-state index in [0.717, 1.165) is 12.1 Å². The molecule has 21 heavy (non-hydrogen) atoms. The number of hydrogen-bond donors (Lipinski definition) is 2. The number of ether oxygens (including phenoxy) is 1. The SMILES string of the molecule is Cc1ncsc1CCOCC(O)CNC1CCCCCC1. The standard InChI is InChI=1S/C16H28N2O2S/c1-13-16(21-12-18-13)8-9-20-11-15(19)10-17-14-6-4-2-3-5-7-14/h12,14-15,17,19H,2-11H2,1H3. The molecule has 1 unspecified atom stereocenters. The molecule has 1 fully saturated rings. The van der Waals surface area contributed by atoms with Crippen LogP contribution in [0.25, 0.3) is 0 Å². The monoisotopic (exact) mass is 312 g/mol. The molecule has 0 spiro atoms. The first-order valence-electron chi connectivity index (χ1n) is 8.14. The van der Waals surface area contributed by atoms with E-state index in [1.54, 1.807) is 11.3 Å². The van der Waals surface area contributed by atoms with Crippen molar-refractivity contribution in [2.45, 2.75) is 64.0 Å². The van der Waals surface area contributed by atoms with Gasteiger partial charge in [-0.2, -0.15) is 0 Å². The Bertz CT molecular complexity index is 389. The van der Waals surface area contributed by atoms with Crippen LogP contribution in [-0.4, -0.2) is 42.0 Å². The first-order valence-corrected chi connectivity index (χ1v) is 9.02. The molecule has 0 aliphatic heterocycles. The highest BCUT2D eigenvalue weighted by atomic mass is 32.1. The molecular weight excluding hydrogens is 284 g/mol. The Kier molecular flexibility index (Phi) is 7.64. The summed E-state index contributed by atoms with van der Waals surface area (Å²) in [6.07, 6.45) is 8.34. The van der Waals surface area contributed by atoms with Gasteiger partial charge in [-0.25, -0.2) is 4.98 Å². The van der Waals surface area contributed by atoms with Crippen LogP contribution in [0.5, 0.6) is 0 Å². The van der Waals surface area contributed by atoms with Gasteiger partial charge in [-0.1, -0.05) is 25.7 Å². The maximum absolute atomic E-state index is 9.96. The summed E-state index contributed by atoms with van der Waals surface area (Å²) in [7, 11) is 0. The summed E-state index contributed by atoms with van der Waals surface area (Å²) in [5, 5.41) is 13.5. The molecule has 2 rings (SSSR count). The Morgan fingerprint density at radius 3 is 2.81 bits per heavy atom. The third-order valence-electron chi connectivity index (χ3n) is 4.13. The number of aryl methyl sites for hydroxylation is 1. The lowest BCUT2D eigenvalue weighted by Crippen LogP contribution is -2.37. The Balaban J connectivity index is 1.53. The summed E-state index contributed by atoms with van der Waals surface area (Å²) in [6, 6.07) is 0.585. The van der Waals surface area contributed by atoms with Gasteiger partial charge in [0.2, 0.25) is 0 Å². The lowest BCUT2D eigenvalue weighted by molar-refractivity contribution is 0.0368. The minimum absolute atomic E-state index is 0.407. The first-order chi connectivity index (χ1) is 10.3. The van der Waals surface area contributed by atoms with Crippen molar-refractivity contribution in [1.82, 2.24) is 10.3 Å². The zero-order chi connectivity index (χ0) is 14.9. The van der Waals surface area contributed by atoms with Crippen molar-refractivity contribution >= 4 is 11.3 Å². The first kappa shape index (κ1) is 16.9. The number of nitrogens with zero attached hydrogens (tertiary/aromatic N) is 1. The molecule has 1 saturated carbocycles. The molecule has 120 valence electrons.